The summed E-state index contributed by atoms with van der Waals surface area (Å²) in [4.78, 5) is 15.9. The number of hydrogen-bond acceptors (Lipinski definition) is 4. The molecule has 0 unspecified atom stereocenters. The molecular weight excluding hydrogens is 242 g/mol. The second-order valence-corrected chi connectivity index (χ2v) is 4.22. The number of ether oxygens (including phenoxy) is 1. The molecule has 0 saturated carbocycles. The highest BCUT2D eigenvalue weighted by molar-refractivity contribution is 6.10. The van der Waals surface area contributed by atoms with E-state index in [2.05, 4.69) is 4.99 Å². The first kappa shape index (κ1) is 15.0. The van der Waals surface area contributed by atoms with Crippen LogP contribution in [-0.4, -0.2) is 23.9 Å². The van der Waals surface area contributed by atoms with Crippen LogP contribution in [0.3, 0.4) is 0 Å². The highest BCUT2D eigenvalue weighted by atomic mass is 16.5. The molecule has 0 aliphatic rings. The van der Waals surface area contributed by atoms with Crippen molar-refractivity contribution in [3.05, 3.63) is 40.7 Å². The number of carbonyl (C=O) groups excluding carboxylic acids is 1. The van der Waals surface area contributed by atoms with E-state index in [0.717, 1.165) is 16.8 Å². The predicted molar refractivity (Wildman–Crippen MR) is 76.0 cm³/mol. The maximum Gasteiger partial charge on any atom is 0.343 e. The van der Waals surface area contributed by atoms with Gasteiger partial charge in [0.2, 0.25) is 0 Å². The van der Waals surface area contributed by atoms with Gasteiger partial charge in [-0.2, -0.15) is 0 Å². The number of carbonyl (C=O) groups is 1. The zero-order valence-corrected chi connectivity index (χ0v) is 11.7. The van der Waals surface area contributed by atoms with Gasteiger partial charge in [0.25, 0.3) is 0 Å². The van der Waals surface area contributed by atoms with Crippen molar-refractivity contribution < 1.29 is 14.6 Å². The number of allylic oxidation sites excluding steroid dienone is 1. The van der Waals surface area contributed by atoms with Crippen LogP contribution >= 0.6 is 0 Å². The molecule has 0 saturated heterocycles. The van der Waals surface area contributed by atoms with Crippen LogP contribution in [0.15, 0.2) is 34.5 Å². The van der Waals surface area contributed by atoms with Crippen molar-refractivity contribution in [2.45, 2.75) is 27.7 Å². The highest BCUT2D eigenvalue weighted by Gasteiger charge is 2.12. The fourth-order valence-electron chi connectivity index (χ4n) is 1.64. The van der Waals surface area contributed by atoms with Crippen molar-refractivity contribution >= 4 is 17.9 Å². The minimum atomic E-state index is -0.572. The maximum atomic E-state index is 11.6. The van der Waals surface area contributed by atoms with E-state index in [1.807, 2.05) is 32.0 Å². The summed E-state index contributed by atoms with van der Waals surface area (Å²) in [7, 11) is 0. The minimum Gasteiger partial charge on any atom is -0.512 e. The average Bonchev–Trinajstić information content (AvgIpc) is 2.32. The van der Waals surface area contributed by atoms with E-state index >= 15 is 0 Å². The van der Waals surface area contributed by atoms with Crippen LogP contribution in [-0.2, 0) is 9.53 Å². The third-order valence-electron chi connectivity index (χ3n) is 2.65. The standard InChI is InChI=1S/C15H19NO3/c1-5-19-15(18)13(12(4)17)9-16-14-10(2)7-6-8-11(14)3/h6-9,17H,5H2,1-4H3. The third-order valence-corrected chi connectivity index (χ3v) is 2.65. The number of aryl methyl sites for hydroxylation is 2. The van der Waals surface area contributed by atoms with Gasteiger partial charge in [0.05, 0.1) is 12.3 Å². The lowest BCUT2D eigenvalue weighted by Gasteiger charge is -2.05. The van der Waals surface area contributed by atoms with Crippen LogP contribution in [0, 0.1) is 13.8 Å². The van der Waals surface area contributed by atoms with Gasteiger partial charge in [-0.3, -0.25) is 4.99 Å². The molecule has 0 spiro atoms. The molecular formula is C15H19NO3. The molecule has 1 N–H and O–H groups in total. The van der Waals surface area contributed by atoms with Crippen LogP contribution in [0.1, 0.15) is 25.0 Å². The quantitative estimate of drug-likeness (QED) is 0.391. The fourth-order valence-corrected chi connectivity index (χ4v) is 1.64. The monoisotopic (exact) mass is 261 g/mol. The van der Waals surface area contributed by atoms with Crippen molar-refractivity contribution in [1.29, 1.82) is 0 Å². The summed E-state index contributed by atoms with van der Waals surface area (Å²) < 4.78 is 4.87. The Balaban J connectivity index is 3.08. The number of benzene rings is 1. The van der Waals surface area contributed by atoms with Crippen LogP contribution < -0.4 is 0 Å². The van der Waals surface area contributed by atoms with E-state index in [4.69, 9.17) is 4.74 Å². The summed E-state index contributed by atoms with van der Waals surface area (Å²) in [6, 6.07) is 5.83. The summed E-state index contributed by atoms with van der Waals surface area (Å²) in [5.74, 6) is -0.675. The Labute approximate surface area is 113 Å². The predicted octanol–water partition coefficient (Wildman–Crippen LogP) is 3.40. The Morgan fingerprint density at radius 3 is 2.42 bits per heavy atom. The van der Waals surface area contributed by atoms with Crippen LogP contribution in [0.2, 0.25) is 0 Å². The van der Waals surface area contributed by atoms with E-state index in [-0.39, 0.29) is 17.9 Å². The van der Waals surface area contributed by atoms with Gasteiger partial charge in [0.1, 0.15) is 11.3 Å². The third kappa shape index (κ3) is 3.95. The lowest BCUT2D eigenvalue weighted by atomic mass is 10.1. The second-order valence-electron chi connectivity index (χ2n) is 4.22. The van der Waals surface area contributed by atoms with Gasteiger partial charge in [0.15, 0.2) is 0 Å². The largest absolute Gasteiger partial charge is 0.512 e. The molecule has 0 aromatic heterocycles. The summed E-state index contributed by atoms with van der Waals surface area (Å²) in [5, 5.41) is 9.51. The summed E-state index contributed by atoms with van der Waals surface area (Å²) in [6.07, 6.45) is 1.35. The molecule has 0 amide bonds. The molecule has 0 atom stereocenters. The Morgan fingerprint density at radius 2 is 1.95 bits per heavy atom. The van der Waals surface area contributed by atoms with Crippen molar-refractivity contribution in [3.63, 3.8) is 0 Å². The number of esters is 1. The Kier molecular flexibility index (Phi) is 5.30. The van der Waals surface area contributed by atoms with Gasteiger partial charge in [-0.25, -0.2) is 4.79 Å². The fraction of sp³-hybridized carbons (Fsp3) is 0.333. The van der Waals surface area contributed by atoms with Crippen LogP contribution in [0.4, 0.5) is 5.69 Å². The molecule has 1 aromatic carbocycles. The highest BCUT2D eigenvalue weighted by Crippen LogP contribution is 2.22. The number of aliphatic hydroxyl groups excluding tert-OH is 1. The Morgan fingerprint density at radius 1 is 1.37 bits per heavy atom. The number of rotatable bonds is 4. The average molecular weight is 261 g/mol. The second kappa shape index (κ2) is 6.73. The lowest BCUT2D eigenvalue weighted by molar-refractivity contribution is -0.138. The number of hydrogen-bond donors (Lipinski definition) is 1. The SMILES string of the molecule is CCOC(=O)C(C=Nc1c(C)cccc1C)=C(C)O. The Bertz CT molecular complexity index is 506. The van der Waals surface area contributed by atoms with Gasteiger partial charge >= 0.3 is 5.97 Å². The molecule has 0 aliphatic heterocycles. The molecule has 0 radical (unpaired) electrons. The van der Waals surface area contributed by atoms with Gasteiger partial charge in [-0.05, 0) is 38.8 Å². The van der Waals surface area contributed by atoms with E-state index in [9.17, 15) is 9.90 Å². The number of aliphatic hydroxyl groups is 1. The van der Waals surface area contributed by atoms with Crippen LogP contribution in [0.25, 0.3) is 0 Å². The van der Waals surface area contributed by atoms with Crippen LogP contribution in [0.5, 0.6) is 0 Å². The van der Waals surface area contributed by atoms with Gasteiger partial charge in [0, 0.05) is 6.21 Å². The molecule has 0 bridgehead atoms. The number of para-hydroxylation sites is 1. The molecule has 4 heteroatoms. The maximum absolute atomic E-state index is 11.6. The van der Waals surface area contributed by atoms with Gasteiger partial charge in [-0.15, -0.1) is 0 Å². The molecule has 0 aliphatic carbocycles. The summed E-state index contributed by atoms with van der Waals surface area (Å²) >= 11 is 0. The van der Waals surface area contributed by atoms with Crippen molar-refractivity contribution in [2.24, 2.45) is 4.99 Å². The molecule has 4 nitrogen and oxygen atoms in total. The van der Waals surface area contributed by atoms with Crippen molar-refractivity contribution in [1.82, 2.24) is 0 Å². The molecule has 1 rings (SSSR count). The van der Waals surface area contributed by atoms with Gasteiger partial charge < -0.3 is 9.84 Å². The zero-order chi connectivity index (χ0) is 14.4. The Hall–Kier alpha value is -2.10. The normalized spacial score (nSPS) is 12.4. The summed E-state index contributed by atoms with van der Waals surface area (Å²) in [5.41, 5.74) is 2.89. The first-order valence-electron chi connectivity index (χ1n) is 6.14. The number of aliphatic imine (C=N–C) groups is 1. The number of nitrogens with zero attached hydrogens (tertiary/aromatic N) is 1. The smallest absolute Gasteiger partial charge is 0.343 e. The van der Waals surface area contributed by atoms with Crippen molar-refractivity contribution in [2.75, 3.05) is 6.61 Å². The van der Waals surface area contributed by atoms with E-state index in [1.165, 1.54) is 13.1 Å². The van der Waals surface area contributed by atoms with Gasteiger partial charge in [-0.1, -0.05) is 18.2 Å². The zero-order valence-electron chi connectivity index (χ0n) is 11.7. The van der Waals surface area contributed by atoms with E-state index in [0.29, 0.717) is 0 Å². The first-order valence-corrected chi connectivity index (χ1v) is 6.14. The van der Waals surface area contributed by atoms with E-state index in [1.54, 1.807) is 6.92 Å². The van der Waals surface area contributed by atoms with E-state index < -0.39 is 5.97 Å². The molecule has 19 heavy (non-hydrogen) atoms. The molecule has 0 heterocycles. The lowest BCUT2D eigenvalue weighted by Crippen LogP contribution is -2.10. The van der Waals surface area contributed by atoms with Crippen molar-refractivity contribution in [3.8, 4) is 0 Å². The summed E-state index contributed by atoms with van der Waals surface area (Å²) in [6.45, 7) is 7.29. The molecule has 0 fully saturated rings. The molecule has 1 aromatic rings. The first-order chi connectivity index (χ1) is 8.97. The molecule has 102 valence electrons. The minimum absolute atomic E-state index is 0.0736. The topological polar surface area (TPSA) is 58.9 Å².